The van der Waals surface area contributed by atoms with Gasteiger partial charge in [-0.1, -0.05) is 110 Å². The van der Waals surface area contributed by atoms with Crippen molar-refractivity contribution < 1.29 is 110 Å². The quantitative estimate of drug-likeness (QED) is 0.0125. The Morgan fingerprint density at radius 2 is 0.536 bits per heavy atom. The van der Waals surface area contributed by atoms with Crippen molar-refractivity contribution in [3.63, 3.8) is 0 Å². The summed E-state index contributed by atoms with van der Waals surface area (Å²) in [6.45, 7) is 31.3. The predicted molar refractivity (Wildman–Crippen MR) is 513 cm³/mol. The first-order chi connectivity index (χ1) is 64.7. The number of primary sulfonamides is 3. The molecule has 6 aromatic rings. The molecular weight excluding hydrogens is 1860 g/mol. The summed E-state index contributed by atoms with van der Waals surface area (Å²) in [5.41, 5.74) is 7.80. The predicted octanol–water partition coefficient (Wildman–Crippen LogP) is 10.1. The molecule has 0 saturated heterocycles. The van der Waals surface area contributed by atoms with Gasteiger partial charge in [0.05, 0.1) is 51.1 Å². The van der Waals surface area contributed by atoms with Gasteiger partial charge in [0.25, 0.3) is 35.4 Å². The zero-order valence-electron chi connectivity index (χ0n) is 81.6. The topological polar surface area (TPSA) is 486 Å². The Labute approximate surface area is 808 Å². The van der Waals surface area contributed by atoms with Crippen molar-refractivity contribution in [1.29, 1.82) is 0 Å². The number of hydrogen-bond acceptors (Lipinski definition) is 21. The summed E-state index contributed by atoms with van der Waals surface area (Å²) >= 11 is 0. The van der Waals surface area contributed by atoms with Gasteiger partial charge in [0.1, 0.15) is 34.9 Å². The minimum Gasteiger partial charge on any atom is -0.390 e. The third-order valence-electron chi connectivity index (χ3n) is 21.0. The second-order valence-corrected chi connectivity index (χ2v) is 40.0. The number of nitrogens with two attached hydrogens (primary N) is 3. The van der Waals surface area contributed by atoms with Crippen molar-refractivity contribution in [1.82, 2.24) is 62.0 Å². The van der Waals surface area contributed by atoms with E-state index in [1.54, 1.807) is 26.6 Å². The molecule has 0 fully saturated rings. The van der Waals surface area contributed by atoms with Crippen LogP contribution in [0, 0.1) is 52.7 Å². The largest absolute Gasteiger partial charge is 0.390 e. The number of carbonyl (C=O) groups excluding carboxylic acids is 9. The molecule has 0 bridgehead atoms. The van der Waals surface area contributed by atoms with Crippen molar-refractivity contribution in [3.8, 4) is 0 Å². The summed E-state index contributed by atoms with van der Waals surface area (Å²) in [6.07, 6.45) is 1.99. The summed E-state index contributed by atoms with van der Waals surface area (Å²) in [6, 6.07) is 15.1. The van der Waals surface area contributed by atoms with Crippen LogP contribution in [0.3, 0.4) is 0 Å². The molecule has 0 aliphatic rings. The Bertz CT molecular complexity index is 5320. The molecule has 0 spiro atoms. The SMILES string of the molecule is CCCCN(CC(O)C(Cc1cc(F)cc(F)c1)NC(=O)c1cc(C(=O)N(CCC)CCC)cc(S(N)(=O)=O)c1)NC(=O)CC(C)C.CCCN(CC(O)C(Cc1cc(F)cc(F)c1)NC(=O)c1cc(C(=O)N(CCC)CCC)cc(S(N)(=O)=O)c1)NC(=O)CC(C)C.CCCN(CCC)C(=O)c1cc(C(=O)NC(Cc2cc(F)cc(F)c2)C(O)CN(CC)NC(=O)CC(C)C)cc(S(N)(=O)=O)c1. The average Bonchev–Trinajstić information content (AvgIpc) is 0.806. The van der Waals surface area contributed by atoms with Gasteiger partial charge in [0.15, 0.2) is 0 Å². The van der Waals surface area contributed by atoms with E-state index in [4.69, 9.17) is 15.4 Å². The Hall–Kier alpha value is -10.4. The van der Waals surface area contributed by atoms with E-state index in [-0.39, 0.29) is 144 Å². The summed E-state index contributed by atoms with van der Waals surface area (Å²) in [5, 5.41) is 62.6. The van der Waals surface area contributed by atoms with Crippen molar-refractivity contribution >= 4 is 83.2 Å². The van der Waals surface area contributed by atoms with Gasteiger partial charge in [0, 0.05) is 149 Å². The molecule has 6 aromatic carbocycles. The van der Waals surface area contributed by atoms with Crippen LogP contribution in [-0.4, -0.2) is 238 Å². The zero-order valence-corrected chi connectivity index (χ0v) is 84.0. The molecule has 6 rings (SSSR count). The van der Waals surface area contributed by atoms with Crippen LogP contribution in [-0.2, 0) is 63.7 Å². The zero-order chi connectivity index (χ0) is 104. The molecule has 0 saturated carbocycles. The van der Waals surface area contributed by atoms with Gasteiger partial charge in [-0.15, -0.1) is 0 Å². The number of hydrogen-bond donors (Lipinski definition) is 12. The van der Waals surface area contributed by atoms with Crippen molar-refractivity contribution in [2.24, 2.45) is 33.2 Å². The summed E-state index contributed by atoms with van der Waals surface area (Å²) in [7, 11) is -13.0. The number of benzene rings is 6. The molecular formula is C96H141F6N15O18S3. The molecule has 6 atom stereocenters. The van der Waals surface area contributed by atoms with Gasteiger partial charge in [-0.3, -0.25) is 59.4 Å². The van der Waals surface area contributed by atoms with Crippen molar-refractivity contribution in [3.05, 3.63) is 194 Å². The maximum atomic E-state index is 14.1. The van der Waals surface area contributed by atoms with Crippen molar-refractivity contribution in [2.75, 3.05) is 78.5 Å². The van der Waals surface area contributed by atoms with E-state index in [2.05, 4.69) is 32.2 Å². The number of likely N-dealkylation sites (N-methyl/N-ethyl adjacent to an activating group) is 1. The summed E-state index contributed by atoms with van der Waals surface area (Å²) in [4.78, 5) is 122. The Morgan fingerprint density at radius 1 is 0.312 bits per heavy atom. The van der Waals surface area contributed by atoms with Crippen LogP contribution in [0.4, 0.5) is 26.3 Å². The van der Waals surface area contributed by atoms with Crippen LogP contribution in [0.2, 0.25) is 0 Å². The second kappa shape index (κ2) is 58.6. The number of amides is 9. The van der Waals surface area contributed by atoms with Gasteiger partial charge in [-0.2, -0.15) is 0 Å². The smallest absolute Gasteiger partial charge is 0.253 e. The number of carbonyl (C=O) groups is 9. The molecule has 768 valence electrons. The highest BCUT2D eigenvalue weighted by atomic mass is 32.2. The van der Waals surface area contributed by atoms with Crippen LogP contribution in [0.25, 0.3) is 0 Å². The summed E-state index contributed by atoms with van der Waals surface area (Å²) < 4.78 is 158. The van der Waals surface area contributed by atoms with Crippen molar-refractivity contribution in [2.45, 2.75) is 251 Å². The first kappa shape index (κ1) is 120. The standard InChI is InChI=1S/C33H49F2N5O6S.C32H47F2N5O6S.C31H45F2N5O6S/c1-6-9-12-40(38-31(42)13-22(4)5)21-30(41)29(16-23-14-26(34)20-27(35)15-23)37-32(43)24-17-25(19-28(18-24)47(36,45)46)33(44)39(10-7-2)11-8-3;1-6-9-38(10-7-2)32(43)24-16-23(17-27(18-24)46(35,44)45)31(42)36-28(15-22-13-25(33)19-26(34)14-22)29(40)20-39(11-8-3)37-30(41)12-21(4)5;1-6-9-37(10-7-2)31(42)23-15-22(16-26(17-23)45(34,43)44)30(41)35-27(14-21-12-24(32)18-25(33)13-21)28(39)19-38(8-3)36-29(40)11-20(4)5/h14-15,17-20,22,29-30,41H,6-13,16,21H2,1-5H3,(H,37,43)(H,38,42)(H2,36,45,46);13-14,16-19,21,28-29,40H,6-12,15,20H2,1-5H3,(H,36,42)(H,37,41)(H2,35,44,45);12-13,15-18,20,27-28,39H,6-11,14,19H2,1-5H3,(H,35,41)(H,36,40)(H2,34,43,44). The average molecular weight is 2000 g/mol. The van der Waals surface area contributed by atoms with Gasteiger partial charge in [-0.05, 0) is 196 Å². The Morgan fingerprint density at radius 3 is 0.754 bits per heavy atom. The monoisotopic (exact) mass is 2000 g/mol. The number of nitrogens with zero attached hydrogens (tertiary/aromatic N) is 6. The van der Waals surface area contributed by atoms with Gasteiger partial charge >= 0.3 is 0 Å². The highest BCUT2D eigenvalue weighted by Gasteiger charge is 2.34. The van der Waals surface area contributed by atoms with E-state index in [0.717, 1.165) is 79.2 Å². The normalized spacial score (nSPS) is 13.0. The minimum atomic E-state index is -4.34. The molecule has 6 unspecified atom stereocenters. The second-order valence-electron chi connectivity index (χ2n) is 35.3. The molecule has 9 amide bonds. The Kier molecular flexibility index (Phi) is 50.9. The maximum Gasteiger partial charge on any atom is 0.253 e. The third-order valence-corrected chi connectivity index (χ3v) is 23.7. The number of nitrogens with one attached hydrogen (secondary N) is 6. The number of hydrazine groups is 3. The third kappa shape index (κ3) is 42.4. The molecule has 0 aliphatic heterocycles. The fourth-order valence-corrected chi connectivity index (χ4v) is 16.6. The van der Waals surface area contributed by atoms with E-state index in [9.17, 15) is 110 Å². The number of halogens is 6. The fourth-order valence-electron chi connectivity index (χ4n) is 14.8. The first-order valence-corrected chi connectivity index (χ1v) is 51.2. The first-order valence-electron chi connectivity index (χ1n) is 46.6. The molecule has 15 N–H and O–H groups in total. The molecule has 0 radical (unpaired) electrons. The molecule has 0 heterocycles. The lowest BCUT2D eigenvalue weighted by atomic mass is 9.99. The molecule has 0 aromatic heterocycles. The van der Waals surface area contributed by atoms with E-state index in [0.29, 0.717) is 128 Å². The lowest BCUT2D eigenvalue weighted by Crippen LogP contribution is -2.53. The van der Waals surface area contributed by atoms with E-state index < -0.39 is 152 Å². The van der Waals surface area contributed by atoms with Gasteiger partial charge in [0.2, 0.25) is 47.8 Å². The number of unbranched alkanes of at least 4 members (excludes halogenated alkanes) is 1. The highest BCUT2D eigenvalue weighted by molar-refractivity contribution is 7.89. The van der Waals surface area contributed by atoms with Crippen LogP contribution < -0.4 is 47.6 Å². The number of aliphatic hydroxyl groups is 3. The van der Waals surface area contributed by atoms with E-state index in [1.807, 2.05) is 96.9 Å². The van der Waals surface area contributed by atoms with Crippen LogP contribution >= 0.6 is 0 Å². The van der Waals surface area contributed by atoms with Gasteiger partial charge < -0.3 is 46.0 Å². The molecule has 33 nitrogen and oxygen atoms in total. The van der Waals surface area contributed by atoms with E-state index >= 15 is 0 Å². The molecule has 0 aliphatic carbocycles. The minimum absolute atomic E-state index is 0.0634. The van der Waals surface area contributed by atoms with E-state index in [1.165, 1.54) is 28.2 Å². The Balaban J connectivity index is 0.000000432. The molecule has 42 heteroatoms. The number of sulfonamides is 3. The molecule has 138 heavy (non-hydrogen) atoms. The maximum absolute atomic E-state index is 14.1. The lowest BCUT2D eigenvalue weighted by molar-refractivity contribution is -0.128. The van der Waals surface area contributed by atoms with Crippen LogP contribution in [0.1, 0.15) is 260 Å². The highest BCUT2D eigenvalue weighted by Crippen LogP contribution is 2.25. The summed E-state index contributed by atoms with van der Waals surface area (Å²) in [5.74, 6) is -9.66. The number of aliphatic hydroxyl groups excluding tert-OH is 3. The fraction of sp³-hybridized carbons (Fsp3) is 0.531. The van der Waals surface area contributed by atoms with Crippen LogP contribution in [0.15, 0.2) is 124 Å². The number of rotatable bonds is 54. The van der Waals surface area contributed by atoms with Crippen LogP contribution in [0.5, 0.6) is 0 Å². The van der Waals surface area contributed by atoms with Gasteiger partial charge in [-0.25, -0.2) is 82.0 Å². The lowest BCUT2D eigenvalue weighted by Gasteiger charge is -2.31.